The second-order valence-corrected chi connectivity index (χ2v) is 10.4. The third kappa shape index (κ3) is 3.25. The molecular formula is C23H29FN2S. The van der Waals surface area contributed by atoms with Gasteiger partial charge in [0, 0.05) is 23.9 Å². The topological polar surface area (TPSA) is 16.1 Å². The summed E-state index contributed by atoms with van der Waals surface area (Å²) in [5.74, 6) is 2.50. The highest BCUT2D eigenvalue weighted by atomic mass is 32.1. The molecule has 0 spiro atoms. The van der Waals surface area contributed by atoms with Gasteiger partial charge >= 0.3 is 0 Å². The maximum Gasteiger partial charge on any atom is 0.127 e. The fraction of sp³-hybridized carbons (Fsp3) is 0.609. The molecule has 0 atom stereocenters. The summed E-state index contributed by atoms with van der Waals surface area (Å²) in [5.41, 5.74) is 3.33. The molecule has 0 saturated heterocycles. The van der Waals surface area contributed by atoms with Gasteiger partial charge in [0.05, 0.1) is 5.69 Å². The Labute approximate surface area is 165 Å². The lowest BCUT2D eigenvalue weighted by atomic mass is 9.48. The zero-order valence-electron chi connectivity index (χ0n) is 16.4. The third-order valence-electron chi connectivity index (χ3n) is 7.19. The molecule has 0 unspecified atom stereocenters. The molecule has 0 N–H and O–H groups in total. The van der Waals surface area contributed by atoms with Crippen LogP contribution in [0.25, 0.3) is 10.6 Å². The molecule has 4 aliphatic rings. The fourth-order valence-electron chi connectivity index (χ4n) is 6.40. The Morgan fingerprint density at radius 1 is 1.11 bits per heavy atom. The first kappa shape index (κ1) is 17.8. The average molecular weight is 385 g/mol. The molecule has 4 saturated carbocycles. The van der Waals surface area contributed by atoms with Gasteiger partial charge < -0.3 is 4.90 Å². The minimum atomic E-state index is 0.00471. The number of likely N-dealkylation sites (N-methyl/N-ethyl adjacent to an activating group) is 1. The SMILES string of the molecule is CN(C)CCc1csc(-c2ccc(F)c(C34CC5CC(CC(C5)C3)C4)c2)n1. The van der Waals surface area contributed by atoms with Crippen molar-refractivity contribution in [3.05, 3.63) is 40.7 Å². The summed E-state index contributed by atoms with van der Waals surface area (Å²) in [6.07, 6.45) is 8.74. The molecule has 1 aromatic carbocycles. The number of hydrogen-bond acceptors (Lipinski definition) is 3. The van der Waals surface area contributed by atoms with E-state index in [9.17, 15) is 4.39 Å². The molecule has 4 heteroatoms. The van der Waals surface area contributed by atoms with Crippen molar-refractivity contribution in [2.75, 3.05) is 20.6 Å². The van der Waals surface area contributed by atoms with Gasteiger partial charge in [-0.2, -0.15) is 0 Å². The smallest absolute Gasteiger partial charge is 0.127 e. The van der Waals surface area contributed by atoms with Crippen LogP contribution in [0.1, 0.15) is 49.8 Å². The first-order valence-electron chi connectivity index (χ1n) is 10.4. The highest BCUT2D eigenvalue weighted by molar-refractivity contribution is 7.13. The van der Waals surface area contributed by atoms with Crippen LogP contribution in [0.3, 0.4) is 0 Å². The summed E-state index contributed by atoms with van der Waals surface area (Å²) < 4.78 is 15.0. The number of halogens is 1. The Morgan fingerprint density at radius 3 is 2.41 bits per heavy atom. The summed E-state index contributed by atoms with van der Waals surface area (Å²) in [4.78, 5) is 7.02. The highest BCUT2D eigenvalue weighted by Gasteiger charge is 2.52. The van der Waals surface area contributed by atoms with E-state index in [1.54, 1.807) is 17.4 Å². The molecule has 2 aromatic rings. The fourth-order valence-corrected chi connectivity index (χ4v) is 7.25. The van der Waals surface area contributed by atoms with E-state index in [-0.39, 0.29) is 11.2 Å². The van der Waals surface area contributed by atoms with Crippen LogP contribution in [0.4, 0.5) is 4.39 Å². The van der Waals surface area contributed by atoms with E-state index >= 15 is 0 Å². The molecule has 4 bridgehead atoms. The lowest BCUT2D eigenvalue weighted by Crippen LogP contribution is -2.48. The van der Waals surface area contributed by atoms with Crippen LogP contribution in [0.5, 0.6) is 0 Å². The van der Waals surface area contributed by atoms with E-state index in [0.29, 0.717) is 0 Å². The van der Waals surface area contributed by atoms with Gasteiger partial charge in [-0.05, 0) is 99.6 Å². The van der Waals surface area contributed by atoms with E-state index in [0.717, 1.165) is 52.5 Å². The van der Waals surface area contributed by atoms with Crippen LogP contribution in [-0.2, 0) is 11.8 Å². The second-order valence-electron chi connectivity index (χ2n) is 9.59. The summed E-state index contributed by atoms with van der Waals surface area (Å²) >= 11 is 1.69. The van der Waals surface area contributed by atoms with Crippen molar-refractivity contribution >= 4 is 11.3 Å². The largest absolute Gasteiger partial charge is 0.309 e. The number of hydrogen-bond donors (Lipinski definition) is 0. The van der Waals surface area contributed by atoms with E-state index < -0.39 is 0 Å². The molecule has 144 valence electrons. The first-order valence-corrected chi connectivity index (χ1v) is 11.3. The summed E-state index contributed by atoms with van der Waals surface area (Å²) in [6.45, 7) is 1.01. The van der Waals surface area contributed by atoms with Gasteiger partial charge in [-0.1, -0.05) is 0 Å². The van der Waals surface area contributed by atoms with Gasteiger partial charge in [-0.25, -0.2) is 9.37 Å². The van der Waals surface area contributed by atoms with Gasteiger partial charge in [0.25, 0.3) is 0 Å². The van der Waals surface area contributed by atoms with E-state index in [1.807, 2.05) is 6.07 Å². The molecule has 0 amide bonds. The molecule has 4 fully saturated rings. The van der Waals surface area contributed by atoms with Crippen LogP contribution in [-0.4, -0.2) is 30.5 Å². The molecule has 1 aromatic heterocycles. The molecule has 0 aliphatic heterocycles. The van der Waals surface area contributed by atoms with Crippen molar-refractivity contribution in [3.8, 4) is 10.6 Å². The van der Waals surface area contributed by atoms with Gasteiger partial charge in [0.1, 0.15) is 10.8 Å². The van der Waals surface area contributed by atoms with E-state index in [2.05, 4.69) is 30.4 Å². The quantitative estimate of drug-likeness (QED) is 0.675. The second kappa shape index (κ2) is 6.66. The van der Waals surface area contributed by atoms with Crippen molar-refractivity contribution in [2.24, 2.45) is 17.8 Å². The van der Waals surface area contributed by atoms with Crippen molar-refractivity contribution in [1.29, 1.82) is 0 Å². The maximum absolute atomic E-state index is 15.0. The predicted octanol–water partition coefficient (Wildman–Crippen LogP) is 5.52. The number of benzene rings is 1. The molecule has 0 radical (unpaired) electrons. The van der Waals surface area contributed by atoms with Crippen LogP contribution < -0.4 is 0 Å². The monoisotopic (exact) mass is 384 g/mol. The van der Waals surface area contributed by atoms with E-state index in [1.165, 1.54) is 38.5 Å². The van der Waals surface area contributed by atoms with Crippen LogP contribution >= 0.6 is 11.3 Å². The van der Waals surface area contributed by atoms with Gasteiger partial charge in [0.2, 0.25) is 0 Å². The van der Waals surface area contributed by atoms with Gasteiger partial charge in [-0.15, -0.1) is 11.3 Å². The first-order chi connectivity index (χ1) is 13.0. The Morgan fingerprint density at radius 2 is 1.78 bits per heavy atom. The van der Waals surface area contributed by atoms with Crippen molar-refractivity contribution in [3.63, 3.8) is 0 Å². The molecule has 6 rings (SSSR count). The summed E-state index contributed by atoms with van der Waals surface area (Å²) in [5, 5.41) is 3.20. The number of thiazole rings is 1. The molecular weight excluding hydrogens is 355 g/mol. The Balaban J connectivity index is 1.46. The zero-order chi connectivity index (χ0) is 18.6. The maximum atomic E-state index is 15.0. The highest BCUT2D eigenvalue weighted by Crippen LogP contribution is 2.61. The minimum Gasteiger partial charge on any atom is -0.309 e. The molecule has 4 aliphatic carbocycles. The molecule has 1 heterocycles. The van der Waals surface area contributed by atoms with Crippen LogP contribution in [0.2, 0.25) is 0 Å². The standard InChI is InChI=1S/C23H29FN2S/c1-26(2)6-5-19-14-27-22(25-19)18-3-4-21(24)20(10-18)23-11-15-7-16(12-23)9-17(8-15)13-23/h3-4,10,14-17H,5-9,11-13H2,1-2H3. The van der Waals surface area contributed by atoms with Gasteiger partial charge in [-0.3, -0.25) is 0 Å². The predicted molar refractivity (Wildman–Crippen MR) is 110 cm³/mol. The third-order valence-corrected chi connectivity index (χ3v) is 8.13. The normalized spacial score (nSPS) is 31.8. The zero-order valence-corrected chi connectivity index (χ0v) is 17.2. The number of rotatable bonds is 5. The number of nitrogens with zero attached hydrogens (tertiary/aromatic N) is 2. The lowest BCUT2D eigenvalue weighted by Gasteiger charge is -2.57. The van der Waals surface area contributed by atoms with Crippen molar-refractivity contribution in [2.45, 2.75) is 50.4 Å². The van der Waals surface area contributed by atoms with Crippen molar-refractivity contribution in [1.82, 2.24) is 9.88 Å². The lowest BCUT2D eigenvalue weighted by molar-refractivity contribution is -0.00672. The minimum absolute atomic E-state index is 0.00471. The van der Waals surface area contributed by atoms with Crippen LogP contribution in [0.15, 0.2) is 23.6 Å². The van der Waals surface area contributed by atoms with E-state index in [4.69, 9.17) is 4.98 Å². The Hall–Kier alpha value is -1.26. The Bertz CT molecular complexity index is 805. The average Bonchev–Trinajstić information content (AvgIpc) is 3.08. The Kier molecular flexibility index (Phi) is 4.40. The van der Waals surface area contributed by atoms with Gasteiger partial charge in [0.15, 0.2) is 0 Å². The number of aromatic nitrogens is 1. The summed E-state index contributed by atoms with van der Waals surface area (Å²) in [7, 11) is 4.18. The van der Waals surface area contributed by atoms with Crippen LogP contribution in [0, 0.1) is 23.6 Å². The molecule has 27 heavy (non-hydrogen) atoms. The summed E-state index contributed by atoms with van der Waals surface area (Å²) in [6, 6.07) is 5.77. The van der Waals surface area contributed by atoms with Crippen molar-refractivity contribution < 1.29 is 4.39 Å². The molecule has 2 nitrogen and oxygen atoms in total.